The van der Waals surface area contributed by atoms with Crippen LogP contribution in [0, 0.1) is 12.7 Å². The van der Waals surface area contributed by atoms with E-state index in [1.165, 1.54) is 12.1 Å². The minimum Gasteiger partial charge on any atom is -0.424 e. The van der Waals surface area contributed by atoms with Gasteiger partial charge in [0, 0.05) is 19.2 Å². The zero-order chi connectivity index (χ0) is 14.8. The van der Waals surface area contributed by atoms with Crippen molar-refractivity contribution in [3.05, 3.63) is 34.9 Å². The maximum Gasteiger partial charge on any atom is 0.328 e. The third-order valence-electron chi connectivity index (χ3n) is 3.32. The van der Waals surface area contributed by atoms with E-state index in [1.807, 2.05) is 11.8 Å². The SMILES string of the molecule is Cc1ccc(F)cc1Oc1nc(Cl)nc(N2CCCC2)n1. The first-order chi connectivity index (χ1) is 10.1. The number of hydrogen-bond acceptors (Lipinski definition) is 5. The Hall–Kier alpha value is -1.95. The molecule has 110 valence electrons. The zero-order valence-corrected chi connectivity index (χ0v) is 12.3. The van der Waals surface area contributed by atoms with E-state index in [2.05, 4.69) is 15.0 Å². The predicted octanol–water partition coefficient (Wildman–Crippen LogP) is 3.37. The minimum absolute atomic E-state index is 0.0657. The summed E-state index contributed by atoms with van der Waals surface area (Å²) in [6, 6.07) is 4.38. The molecule has 0 spiro atoms. The van der Waals surface area contributed by atoms with Crippen LogP contribution in [0.15, 0.2) is 18.2 Å². The maximum absolute atomic E-state index is 13.3. The van der Waals surface area contributed by atoms with E-state index in [9.17, 15) is 4.39 Å². The Bertz CT molecular complexity index is 661. The summed E-state index contributed by atoms with van der Waals surface area (Å²) in [5, 5.41) is 0.0657. The van der Waals surface area contributed by atoms with E-state index < -0.39 is 0 Å². The molecule has 1 aromatic carbocycles. The lowest BCUT2D eigenvalue weighted by molar-refractivity contribution is 0.432. The molecule has 21 heavy (non-hydrogen) atoms. The highest BCUT2D eigenvalue weighted by atomic mass is 35.5. The minimum atomic E-state index is -0.379. The van der Waals surface area contributed by atoms with E-state index >= 15 is 0 Å². The second-order valence-electron chi connectivity index (χ2n) is 4.89. The Morgan fingerprint density at radius 3 is 2.71 bits per heavy atom. The van der Waals surface area contributed by atoms with Crippen LogP contribution >= 0.6 is 11.6 Å². The Balaban J connectivity index is 1.89. The number of anilines is 1. The van der Waals surface area contributed by atoms with Crippen LogP contribution in [0.25, 0.3) is 0 Å². The monoisotopic (exact) mass is 308 g/mol. The van der Waals surface area contributed by atoms with Crippen LogP contribution in [0.5, 0.6) is 11.8 Å². The molecule has 0 saturated carbocycles. The van der Waals surface area contributed by atoms with Gasteiger partial charge in [0.05, 0.1) is 0 Å². The number of aryl methyl sites for hydroxylation is 1. The van der Waals surface area contributed by atoms with Crippen LogP contribution in [0.2, 0.25) is 5.28 Å². The van der Waals surface area contributed by atoms with Gasteiger partial charge in [0.15, 0.2) is 0 Å². The van der Waals surface area contributed by atoms with Crippen LogP contribution in [0.4, 0.5) is 10.3 Å². The normalized spacial score (nSPS) is 14.5. The Morgan fingerprint density at radius 2 is 1.95 bits per heavy atom. The Kier molecular flexibility index (Phi) is 3.88. The largest absolute Gasteiger partial charge is 0.424 e. The first kappa shape index (κ1) is 14.0. The molecule has 1 aliphatic rings. The van der Waals surface area contributed by atoms with E-state index in [4.69, 9.17) is 16.3 Å². The predicted molar refractivity (Wildman–Crippen MR) is 77.5 cm³/mol. The molecule has 0 unspecified atom stereocenters. The number of nitrogens with zero attached hydrogens (tertiary/aromatic N) is 4. The standard InChI is InChI=1S/C14H14ClFN4O/c1-9-4-5-10(16)8-11(9)21-14-18-12(15)17-13(19-14)20-6-2-3-7-20/h4-5,8H,2-3,6-7H2,1H3. The summed E-state index contributed by atoms with van der Waals surface area (Å²) in [6.45, 7) is 3.59. The maximum atomic E-state index is 13.3. The van der Waals surface area contributed by atoms with Gasteiger partial charge in [0.1, 0.15) is 11.6 Å². The molecule has 3 rings (SSSR count). The van der Waals surface area contributed by atoms with Gasteiger partial charge in [0.25, 0.3) is 0 Å². The summed E-state index contributed by atoms with van der Waals surface area (Å²) in [4.78, 5) is 14.3. The Morgan fingerprint density at radius 1 is 1.19 bits per heavy atom. The van der Waals surface area contributed by atoms with Crippen molar-refractivity contribution in [3.8, 4) is 11.8 Å². The number of benzene rings is 1. The van der Waals surface area contributed by atoms with Crippen molar-refractivity contribution in [2.45, 2.75) is 19.8 Å². The molecule has 0 atom stereocenters. The van der Waals surface area contributed by atoms with E-state index in [0.29, 0.717) is 11.7 Å². The van der Waals surface area contributed by atoms with Gasteiger partial charge in [0.2, 0.25) is 11.2 Å². The van der Waals surface area contributed by atoms with Crippen molar-refractivity contribution in [3.63, 3.8) is 0 Å². The van der Waals surface area contributed by atoms with Crippen LogP contribution in [0.3, 0.4) is 0 Å². The highest BCUT2D eigenvalue weighted by Gasteiger charge is 2.18. The van der Waals surface area contributed by atoms with Gasteiger partial charge < -0.3 is 9.64 Å². The highest BCUT2D eigenvalue weighted by molar-refractivity contribution is 6.28. The smallest absolute Gasteiger partial charge is 0.328 e. The number of ether oxygens (including phenoxy) is 1. The van der Waals surface area contributed by atoms with Gasteiger partial charge in [-0.3, -0.25) is 0 Å². The molecule has 2 aromatic rings. The number of halogens is 2. The van der Waals surface area contributed by atoms with Gasteiger partial charge in [-0.25, -0.2) is 4.39 Å². The van der Waals surface area contributed by atoms with Gasteiger partial charge in [-0.1, -0.05) is 6.07 Å². The number of hydrogen-bond donors (Lipinski definition) is 0. The fourth-order valence-electron chi connectivity index (χ4n) is 2.21. The van der Waals surface area contributed by atoms with Crippen molar-refractivity contribution >= 4 is 17.5 Å². The molecule has 7 heteroatoms. The molecule has 1 saturated heterocycles. The van der Waals surface area contributed by atoms with Crippen LogP contribution < -0.4 is 9.64 Å². The summed E-state index contributed by atoms with van der Waals surface area (Å²) in [7, 11) is 0. The van der Waals surface area contributed by atoms with Crippen molar-refractivity contribution in [2.24, 2.45) is 0 Å². The second-order valence-corrected chi connectivity index (χ2v) is 5.23. The van der Waals surface area contributed by atoms with E-state index in [0.717, 1.165) is 31.5 Å². The summed E-state index contributed by atoms with van der Waals surface area (Å²) < 4.78 is 18.8. The molecule has 0 aliphatic carbocycles. The van der Waals surface area contributed by atoms with Crippen molar-refractivity contribution in [2.75, 3.05) is 18.0 Å². The molecule has 5 nitrogen and oxygen atoms in total. The van der Waals surface area contributed by atoms with Crippen molar-refractivity contribution in [1.29, 1.82) is 0 Å². The van der Waals surface area contributed by atoms with Gasteiger partial charge >= 0.3 is 6.01 Å². The number of rotatable bonds is 3. The zero-order valence-electron chi connectivity index (χ0n) is 11.5. The third kappa shape index (κ3) is 3.21. The fourth-order valence-corrected chi connectivity index (χ4v) is 2.36. The van der Waals surface area contributed by atoms with Crippen molar-refractivity contribution < 1.29 is 9.13 Å². The quantitative estimate of drug-likeness (QED) is 0.870. The second kappa shape index (κ2) is 5.81. The molecular weight excluding hydrogens is 295 g/mol. The van der Waals surface area contributed by atoms with E-state index in [1.54, 1.807) is 6.07 Å². The molecule has 1 aliphatic heterocycles. The molecule has 0 amide bonds. The summed E-state index contributed by atoms with van der Waals surface area (Å²) >= 11 is 5.92. The topological polar surface area (TPSA) is 51.1 Å². The summed E-state index contributed by atoms with van der Waals surface area (Å²) in [5.74, 6) is 0.483. The first-order valence-corrected chi connectivity index (χ1v) is 7.10. The van der Waals surface area contributed by atoms with Crippen molar-refractivity contribution in [1.82, 2.24) is 15.0 Å². The van der Waals surface area contributed by atoms with Crippen LogP contribution in [0.1, 0.15) is 18.4 Å². The fraction of sp³-hybridized carbons (Fsp3) is 0.357. The van der Waals surface area contributed by atoms with Gasteiger partial charge in [-0.2, -0.15) is 15.0 Å². The van der Waals surface area contributed by atoms with Crippen LogP contribution in [-0.4, -0.2) is 28.0 Å². The summed E-state index contributed by atoms with van der Waals surface area (Å²) in [6.07, 6.45) is 2.20. The third-order valence-corrected chi connectivity index (χ3v) is 3.49. The molecular formula is C14H14ClFN4O. The molecule has 0 radical (unpaired) electrons. The van der Waals surface area contributed by atoms with Gasteiger partial charge in [-0.15, -0.1) is 0 Å². The Labute approximate surface area is 126 Å². The lowest BCUT2D eigenvalue weighted by atomic mass is 10.2. The number of aromatic nitrogens is 3. The average molecular weight is 309 g/mol. The average Bonchev–Trinajstić information content (AvgIpc) is 2.96. The highest BCUT2D eigenvalue weighted by Crippen LogP contribution is 2.26. The van der Waals surface area contributed by atoms with Gasteiger partial charge in [-0.05, 0) is 43.0 Å². The molecule has 0 bridgehead atoms. The van der Waals surface area contributed by atoms with E-state index in [-0.39, 0.29) is 17.1 Å². The van der Waals surface area contributed by atoms with Crippen LogP contribution in [-0.2, 0) is 0 Å². The lowest BCUT2D eigenvalue weighted by Crippen LogP contribution is -2.21. The first-order valence-electron chi connectivity index (χ1n) is 6.72. The molecule has 2 heterocycles. The lowest BCUT2D eigenvalue weighted by Gasteiger charge is -2.15. The summed E-state index contributed by atoms with van der Waals surface area (Å²) in [5.41, 5.74) is 0.788. The molecule has 1 aromatic heterocycles. The molecule has 0 N–H and O–H groups in total. The molecule has 1 fully saturated rings.